The molecule has 2 N–H and O–H groups in total. The van der Waals surface area contributed by atoms with E-state index in [0.717, 1.165) is 21.5 Å². The SMILES string of the molecule is COc1ccc(C(C)Nc2ccc(OC)c(Br)c2)c(O)c1. The van der Waals surface area contributed by atoms with Crippen molar-refractivity contribution in [3.05, 3.63) is 46.4 Å². The molecular formula is C16H18BrNO3. The highest BCUT2D eigenvalue weighted by atomic mass is 79.9. The molecule has 0 aliphatic rings. The predicted octanol–water partition coefficient (Wildman–Crippen LogP) is 4.35. The van der Waals surface area contributed by atoms with Crippen LogP contribution in [0.15, 0.2) is 40.9 Å². The minimum absolute atomic E-state index is 0.0452. The number of anilines is 1. The molecule has 112 valence electrons. The molecule has 1 atom stereocenters. The van der Waals surface area contributed by atoms with Gasteiger partial charge in [-0.3, -0.25) is 0 Å². The maximum Gasteiger partial charge on any atom is 0.133 e. The molecule has 0 heterocycles. The van der Waals surface area contributed by atoms with Crippen LogP contribution < -0.4 is 14.8 Å². The Hall–Kier alpha value is -1.88. The lowest BCUT2D eigenvalue weighted by Gasteiger charge is -2.18. The van der Waals surface area contributed by atoms with Gasteiger partial charge in [0, 0.05) is 17.3 Å². The lowest BCUT2D eigenvalue weighted by Crippen LogP contribution is -2.07. The summed E-state index contributed by atoms with van der Waals surface area (Å²) in [5, 5.41) is 13.4. The number of hydrogen-bond acceptors (Lipinski definition) is 4. The van der Waals surface area contributed by atoms with Crippen LogP contribution in [0.2, 0.25) is 0 Å². The van der Waals surface area contributed by atoms with Gasteiger partial charge in [0.1, 0.15) is 17.2 Å². The van der Waals surface area contributed by atoms with Crippen LogP contribution in [0, 0.1) is 0 Å². The first-order chi connectivity index (χ1) is 10.0. The Kier molecular flexibility index (Phi) is 4.96. The number of methoxy groups -OCH3 is 2. The second-order valence-electron chi connectivity index (χ2n) is 4.64. The van der Waals surface area contributed by atoms with Crippen molar-refractivity contribution >= 4 is 21.6 Å². The summed E-state index contributed by atoms with van der Waals surface area (Å²) >= 11 is 3.46. The fraction of sp³-hybridized carbons (Fsp3) is 0.250. The zero-order valence-electron chi connectivity index (χ0n) is 12.2. The molecule has 21 heavy (non-hydrogen) atoms. The van der Waals surface area contributed by atoms with E-state index in [1.807, 2.05) is 37.3 Å². The van der Waals surface area contributed by atoms with Crippen LogP contribution in [0.3, 0.4) is 0 Å². The second-order valence-corrected chi connectivity index (χ2v) is 5.49. The summed E-state index contributed by atoms with van der Waals surface area (Å²) in [6, 6.07) is 11.0. The highest BCUT2D eigenvalue weighted by molar-refractivity contribution is 9.10. The zero-order valence-corrected chi connectivity index (χ0v) is 13.8. The first kappa shape index (κ1) is 15.5. The molecule has 2 aromatic rings. The van der Waals surface area contributed by atoms with Crippen LogP contribution in [-0.2, 0) is 0 Å². The van der Waals surface area contributed by atoms with Crippen molar-refractivity contribution in [1.82, 2.24) is 0 Å². The predicted molar refractivity (Wildman–Crippen MR) is 87.4 cm³/mol. The van der Waals surface area contributed by atoms with Crippen molar-refractivity contribution in [2.75, 3.05) is 19.5 Å². The quantitative estimate of drug-likeness (QED) is 0.840. The molecule has 4 nitrogen and oxygen atoms in total. The first-order valence-electron chi connectivity index (χ1n) is 6.52. The van der Waals surface area contributed by atoms with Crippen molar-refractivity contribution in [2.45, 2.75) is 13.0 Å². The number of rotatable bonds is 5. The number of ether oxygens (including phenoxy) is 2. The summed E-state index contributed by atoms with van der Waals surface area (Å²) < 4.78 is 11.2. The Morgan fingerprint density at radius 1 is 1.10 bits per heavy atom. The molecule has 0 radical (unpaired) electrons. The van der Waals surface area contributed by atoms with Gasteiger partial charge in [-0.25, -0.2) is 0 Å². The average Bonchev–Trinajstić information content (AvgIpc) is 2.47. The Balaban J connectivity index is 2.17. The molecule has 0 fully saturated rings. The van der Waals surface area contributed by atoms with E-state index >= 15 is 0 Å². The first-order valence-corrected chi connectivity index (χ1v) is 7.31. The molecule has 0 saturated carbocycles. The smallest absolute Gasteiger partial charge is 0.133 e. The number of phenolic OH excluding ortho intramolecular Hbond substituents is 1. The van der Waals surface area contributed by atoms with Gasteiger partial charge in [-0.2, -0.15) is 0 Å². The van der Waals surface area contributed by atoms with E-state index in [9.17, 15) is 5.11 Å². The van der Waals surface area contributed by atoms with Gasteiger partial charge in [0.25, 0.3) is 0 Å². The summed E-state index contributed by atoms with van der Waals surface area (Å²) in [4.78, 5) is 0. The van der Waals surface area contributed by atoms with Gasteiger partial charge < -0.3 is 19.9 Å². The van der Waals surface area contributed by atoms with Crippen molar-refractivity contribution in [3.63, 3.8) is 0 Å². The van der Waals surface area contributed by atoms with Crippen LogP contribution in [0.5, 0.6) is 17.2 Å². The molecular weight excluding hydrogens is 334 g/mol. The number of benzene rings is 2. The van der Waals surface area contributed by atoms with E-state index in [2.05, 4.69) is 21.2 Å². The Morgan fingerprint density at radius 2 is 1.86 bits per heavy atom. The lowest BCUT2D eigenvalue weighted by atomic mass is 10.1. The van der Waals surface area contributed by atoms with Crippen molar-refractivity contribution in [2.24, 2.45) is 0 Å². The van der Waals surface area contributed by atoms with E-state index in [0.29, 0.717) is 5.75 Å². The van der Waals surface area contributed by atoms with Crippen LogP contribution in [0.4, 0.5) is 5.69 Å². The normalized spacial score (nSPS) is 11.8. The molecule has 1 unspecified atom stereocenters. The number of nitrogens with one attached hydrogen (secondary N) is 1. The number of aromatic hydroxyl groups is 1. The summed E-state index contributed by atoms with van der Waals surface area (Å²) in [7, 11) is 3.20. The molecule has 0 amide bonds. The highest BCUT2D eigenvalue weighted by Gasteiger charge is 2.12. The standard InChI is InChI=1S/C16H18BrNO3/c1-10(13-6-5-12(20-2)9-15(13)19)18-11-4-7-16(21-3)14(17)8-11/h4-10,18-19H,1-3H3. The van der Waals surface area contributed by atoms with E-state index < -0.39 is 0 Å². The van der Waals surface area contributed by atoms with Gasteiger partial charge >= 0.3 is 0 Å². The Bertz CT molecular complexity index is 631. The maximum absolute atomic E-state index is 10.1. The minimum Gasteiger partial charge on any atom is -0.507 e. The number of halogens is 1. The number of hydrogen-bond donors (Lipinski definition) is 2. The van der Waals surface area contributed by atoms with Gasteiger partial charge in [-0.1, -0.05) is 0 Å². The van der Waals surface area contributed by atoms with Crippen LogP contribution in [-0.4, -0.2) is 19.3 Å². The topological polar surface area (TPSA) is 50.7 Å². The zero-order chi connectivity index (χ0) is 15.4. The fourth-order valence-electron chi connectivity index (χ4n) is 2.10. The largest absolute Gasteiger partial charge is 0.507 e. The summed E-state index contributed by atoms with van der Waals surface area (Å²) in [5.74, 6) is 1.62. The van der Waals surface area contributed by atoms with Crippen molar-refractivity contribution < 1.29 is 14.6 Å². The molecule has 2 rings (SSSR count). The van der Waals surface area contributed by atoms with Crippen LogP contribution >= 0.6 is 15.9 Å². The van der Waals surface area contributed by atoms with E-state index in [1.54, 1.807) is 20.3 Å². The lowest BCUT2D eigenvalue weighted by molar-refractivity contribution is 0.406. The van der Waals surface area contributed by atoms with E-state index in [-0.39, 0.29) is 11.8 Å². The van der Waals surface area contributed by atoms with Crippen LogP contribution in [0.25, 0.3) is 0 Å². The highest BCUT2D eigenvalue weighted by Crippen LogP contribution is 2.32. The Morgan fingerprint density at radius 3 is 2.43 bits per heavy atom. The molecule has 0 bridgehead atoms. The third-order valence-electron chi connectivity index (χ3n) is 3.24. The van der Waals surface area contributed by atoms with Gasteiger partial charge in [0.15, 0.2) is 0 Å². The molecule has 2 aromatic carbocycles. The Labute approximate surface area is 132 Å². The summed E-state index contributed by atoms with van der Waals surface area (Å²) in [5.41, 5.74) is 1.74. The van der Waals surface area contributed by atoms with Gasteiger partial charge in [-0.15, -0.1) is 0 Å². The second kappa shape index (κ2) is 6.72. The maximum atomic E-state index is 10.1. The van der Waals surface area contributed by atoms with Gasteiger partial charge in [0.2, 0.25) is 0 Å². The summed E-state index contributed by atoms with van der Waals surface area (Å²) in [6.45, 7) is 1.99. The molecule has 0 spiro atoms. The third-order valence-corrected chi connectivity index (χ3v) is 3.86. The molecule has 0 saturated heterocycles. The molecule has 0 aliphatic heterocycles. The number of phenols is 1. The van der Waals surface area contributed by atoms with Crippen LogP contribution in [0.1, 0.15) is 18.5 Å². The fourth-order valence-corrected chi connectivity index (χ4v) is 2.64. The van der Waals surface area contributed by atoms with Crippen molar-refractivity contribution in [1.29, 1.82) is 0 Å². The minimum atomic E-state index is -0.0452. The molecule has 0 aromatic heterocycles. The van der Waals surface area contributed by atoms with Gasteiger partial charge in [-0.05, 0) is 53.2 Å². The summed E-state index contributed by atoms with van der Waals surface area (Å²) in [6.07, 6.45) is 0. The molecule has 5 heteroatoms. The molecule has 0 aliphatic carbocycles. The monoisotopic (exact) mass is 351 g/mol. The average molecular weight is 352 g/mol. The van der Waals surface area contributed by atoms with Crippen molar-refractivity contribution in [3.8, 4) is 17.2 Å². The van der Waals surface area contributed by atoms with Gasteiger partial charge in [0.05, 0.1) is 24.7 Å². The van der Waals surface area contributed by atoms with E-state index in [4.69, 9.17) is 9.47 Å². The third kappa shape index (κ3) is 3.61. The van der Waals surface area contributed by atoms with E-state index in [1.165, 1.54) is 0 Å².